The first-order chi connectivity index (χ1) is 28.0. The molecule has 2 aliphatic heterocycles. The second-order valence-electron chi connectivity index (χ2n) is 18.5. The fourth-order valence-electron chi connectivity index (χ4n) is 8.82. The molecule has 0 bridgehead atoms. The third kappa shape index (κ3) is 17.2. The van der Waals surface area contributed by atoms with Gasteiger partial charge in [-0.3, -0.25) is 14.4 Å². The van der Waals surface area contributed by atoms with Crippen LogP contribution >= 0.6 is 0 Å². The average Bonchev–Trinajstić information content (AvgIpc) is 3.59. The molecule has 0 saturated carbocycles. The van der Waals surface area contributed by atoms with Crippen LogP contribution in [0.5, 0.6) is 11.5 Å². The molecule has 2 amide bonds. The normalized spacial score (nSPS) is 19.8. The molecule has 2 aliphatic rings. The van der Waals surface area contributed by atoms with E-state index in [2.05, 4.69) is 60.7 Å². The van der Waals surface area contributed by atoms with Crippen LogP contribution in [-0.2, 0) is 30.3 Å². The van der Waals surface area contributed by atoms with Gasteiger partial charge >= 0.3 is 18.0 Å². The highest BCUT2D eigenvalue weighted by atomic mass is 16.6. The highest BCUT2D eigenvalue weighted by Crippen LogP contribution is 2.45. The first kappa shape index (κ1) is 49.9. The van der Waals surface area contributed by atoms with Crippen LogP contribution in [0.15, 0.2) is 0 Å². The van der Waals surface area contributed by atoms with Gasteiger partial charge in [-0.1, -0.05) is 86.0 Å². The van der Waals surface area contributed by atoms with Crippen LogP contribution in [0.2, 0.25) is 0 Å². The maximum absolute atomic E-state index is 12.9. The number of aliphatic carboxylic acids is 1. The summed E-state index contributed by atoms with van der Waals surface area (Å²) in [5.74, 6) is 2.70. The van der Waals surface area contributed by atoms with Gasteiger partial charge in [0, 0.05) is 31.0 Å². The first-order valence-electron chi connectivity index (χ1n) is 23.1. The molecule has 5 atom stereocenters. The third-order valence-electron chi connectivity index (χ3n) is 12.7. The number of likely N-dealkylation sites (tertiary alicyclic amines) is 1. The number of amides is 2. The fourth-order valence-corrected chi connectivity index (χ4v) is 8.82. The number of nitrogens with zero attached hydrogens (tertiary/aromatic N) is 1. The Bertz CT molecular complexity index is 1500. The number of ether oxygens (including phenoxy) is 4. The Morgan fingerprint density at radius 2 is 1.53 bits per heavy atom. The van der Waals surface area contributed by atoms with Crippen molar-refractivity contribution in [1.29, 1.82) is 0 Å². The zero-order valence-electron chi connectivity index (χ0n) is 38.3. The van der Waals surface area contributed by atoms with Crippen molar-refractivity contribution in [3.8, 4) is 11.5 Å². The molecule has 0 radical (unpaired) electrons. The lowest BCUT2D eigenvalue weighted by atomic mass is 9.83. The first-order valence-corrected chi connectivity index (χ1v) is 23.1. The van der Waals surface area contributed by atoms with Crippen LogP contribution in [0.4, 0.5) is 4.79 Å². The van der Waals surface area contributed by atoms with Crippen LogP contribution in [0.25, 0.3) is 0 Å². The zero-order chi connectivity index (χ0) is 43.5. The number of unbranched alkanes of at least 4 members (excludes halogenated alkanes) is 2. The SMILES string of the molecule is CC[C@@H]1C[C@@H](OC(=O)CCC(=O)O)CN1C(=O)CCCCCNC(=O)OCCOc1c(C)c(C)c2c(c1C)CC[C@@](C)(CCC[C@H](C)CCC[C@H](C)CCCC(C)C)O2. The van der Waals surface area contributed by atoms with Crippen LogP contribution in [-0.4, -0.2) is 78.0 Å². The molecule has 2 N–H and O–H groups in total. The topological polar surface area (TPSA) is 141 Å². The summed E-state index contributed by atoms with van der Waals surface area (Å²) in [4.78, 5) is 49.8. The smallest absolute Gasteiger partial charge is 0.407 e. The maximum Gasteiger partial charge on any atom is 0.407 e. The number of carboxylic acids is 1. The number of nitrogens with one attached hydrogen (secondary N) is 1. The van der Waals surface area contributed by atoms with E-state index < -0.39 is 24.1 Å². The number of carbonyl (C=O) groups excluding carboxylic acids is 3. The van der Waals surface area contributed by atoms with E-state index in [4.69, 9.17) is 24.1 Å². The number of esters is 1. The lowest BCUT2D eigenvalue weighted by Gasteiger charge is -2.38. The largest absolute Gasteiger partial charge is 0.489 e. The van der Waals surface area contributed by atoms with Gasteiger partial charge in [0.25, 0.3) is 0 Å². The van der Waals surface area contributed by atoms with Crippen molar-refractivity contribution in [2.24, 2.45) is 17.8 Å². The molecule has 2 heterocycles. The number of carboxylic acid groups (broad SMARTS) is 1. The third-order valence-corrected chi connectivity index (χ3v) is 12.7. The van der Waals surface area contributed by atoms with E-state index in [1.807, 2.05) is 6.92 Å². The Balaban J connectivity index is 1.31. The molecule has 3 rings (SSSR count). The summed E-state index contributed by atoms with van der Waals surface area (Å²) in [6.07, 6.45) is 16.1. The molecule has 0 aliphatic carbocycles. The summed E-state index contributed by atoms with van der Waals surface area (Å²) in [5, 5.41) is 11.6. The molecule has 11 heteroatoms. The van der Waals surface area contributed by atoms with Gasteiger partial charge < -0.3 is 34.3 Å². The van der Waals surface area contributed by atoms with E-state index in [9.17, 15) is 19.2 Å². The van der Waals surface area contributed by atoms with Crippen LogP contribution in [0, 0.1) is 38.5 Å². The lowest BCUT2D eigenvalue weighted by molar-refractivity contribution is -0.152. The minimum atomic E-state index is -1.04. The quantitative estimate of drug-likeness (QED) is 0.0655. The number of hydrogen-bond donors (Lipinski definition) is 2. The van der Waals surface area contributed by atoms with E-state index in [1.54, 1.807) is 4.90 Å². The summed E-state index contributed by atoms with van der Waals surface area (Å²) < 4.78 is 23.9. The molecule has 1 aromatic carbocycles. The second kappa shape index (κ2) is 25.3. The Morgan fingerprint density at radius 3 is 2.19 bits per heavy atom. The molecule has 0 aromatic heterocycles. The minimum Gasteiger partial charge on any atom is -0.489 e. The monoisotopic (exact) mass is 829 g/mol. The van der Waals surface area contributed by atoms with E-state index in [0.29, 0.717) is 38.8 Å². The highest BCUT2D eigenvalue weighted by Gasteiger charge is 2.36. The van der Waals surface area contributed by atoms with E-state index >= 15 is 0 Å². The van der Waals surface area contributed by atoms with Crippen molar-refractivity contribution in [3.05, 3.63) is 22.3 Å². The highest BCUT2D eigenvalue weighted by molar-refractivity contribution is 5.78. The van der Waals surface area contributed by atoms with Gasteiger partial charge in [-0.05, 0) is 107 Å². The maximum atomic E-state index is 12.9. The lowest BCUT2D eigenvalue weighted by Crippen LogP contribution is -2.37. The molecule has 11 nitrogen and oxygen atoms in total. The summed E-state index contributed by atoms with van der Waals surface area (Å²) in [7, 11) is 0. The zero-order valence-corrected chi connectivity index (χ0v) is 38.3. The Morgan fingerprint density at radius 1 is 0.847 bits per heavy atom. The number of carbonyl (C=O) groups is 4. The second-order valence-corrected chi connectivity index (χ2v) is 18.5. The summed E-state index contributed by atoms with van der Waals surface area (Å²) >= 11 is 0. The molecule has 0 unspecified atom stereocenters. The number of hydrogen-bond acceptors (Lipinski definition) is 8. The minimum absolute atomic E-state index is 0.00138. The Hall–Kier alpha value is -3.50. The van der Waals surface area contributed by atoms with Crippen molar-refractivity contribution in [1.82, 2.24) is 10.2 Å². The summed E-state index contributed by atoms with van der Waals surface area (Å²) in [6.45, 7) is 21.2. The number of fused-ring (bicyclic) bond motifs is 1. The van der Waals surface area contributed by atoms with Crippen LogP contribution in [0.1, 0.15) is 179 Å². The van der Waals surface area contributed by atoms with Crippen LogP contribution < -0.4 is 14.8 Å². The Labute approximate surface area is 356 Å². The van der Waals surface area contributed by atoms with Gasteiger partial charge in [0.2, 0.25) is 5.91 Å². The molecule has 59 heavy (non-hydrogen) atoms. The van der Waals surface area contributed by atoms with Crippen molar-refractivity contribution in [3.63, 3.8) is 0 Å². The molecular formula is C48H80N2O9. The van der Waals surface area contributed by atoms with Gasteiger partial charge in [0.05, 0.1) is 19.4 Å². The molecule has 1 aromatic rings. The van der Waals surface area contributed by atoms with E-state index in [0.717, 1.165) is 78.0 Å². The van der Waals surface area contributed by atoms with E-state index in [-0.39, 0.29) is 43.6 Å². The predicted octanol–water partition coefficient (Wildman–Crippen LogP) is 10.6. The molecule has 336 valence electrons. The van der Waals surface area contributed by atoms with Gasteiger partial charge in [-0.2, -0.15) is 0 Å². The van der Waals surface area contributed by atoms with E-state index in [1.165, 1.54) is 56.9 Å². The van der Waals surface area contributed by atoms with Gasteiger partial charge in [0.15, 0.2) is 0 Å². The van der Waals surface area contributed by atoms with Crippen molar-refractivity contribution in [2.75, 3.05) is 26.3 Å². The van der Waals surface area contributed by atoms with Crippen molar-refractivity contribution >= 4 is 23.9 Å². The predicted molar refractivity (Wildman–Crippen MR) is 233 cm³/mol. The summed E-state index contributed by atoms with van der Waals surface area (Å²) in [5.41, 5.74) is 4.35. The van der Waals surface area contributed by atoms with Gasteiger partial charge in [-0.25, -0.2) is 4.79 Å². The fraction of sp³-hybridized carbons (Fsp3) is 0.792. The van der Waals surface area contributed by atoms with Crippen LogP contribution in [0.3, 0.4) is 0 Å². The molecule has 1 fully saturated rings. The molecule has 1 saturated heterocycles. The average molecular weight is 829 g/mol. The summed E-state index contributed by atoms with van der Waals surface area (Å²) in [6, 6.07) is 0.00138. The van der Waals surface area contributed by atoms with Gasteiger partial charge in [0.1, 0.15) is 36.4 Å². The standard InChI is InChI=1S/C48H80N2O9/c1-10-39-31-40(58-44(54)24-23-43(52)53)32-50(39)42(51)22-12-11-13-28-49-47(55)57-30-29-56-45-36(6)37(7)46-41(38(45)8)25-27-48(9,59-46)26-16-21-35(5)20-15-19-34(4)18-14-17-33(2)3/h33-35,39-40H,10-32H2,1-9H3,(H,49,55)(H,52,53)/t34-,35-,39-,40-,48-/m1/s1. The molecular weight excluding hydrogens is 749 g/mol. The van der Waals surface area contributed by atoms with Crippen molar-refractivity contribution in [2.45, 2.75) is 202 Å². The Kier molecular flexibility index (Phi) is 21.4. The number of rotatable bonds is 27. The number of alkyl carbamates (subject to hydrolysis) is 1. The molecule has 0 spiro atoms. The van der Waals surface area contributed by atoms with Gasteiger partial charge in [-0.15, -0.1) is 0 Å². The van der Waals surface area contributed by atoms with Crippen molar-refractivity contribution < 1.29 is 43.2 Å². The number of benzene rings is 1.